The number of anilines is 1. The van der Waals surface area contributed by atoms with Gasteiger partial charge >= 0.3 is 0 Å². The van der Waals surface area contributed by atoms with Crippen molar-refractivity contribution in [3.05, 3.63) is 29.0 Å². The third-order valence-corrected chi connectivity index (χ3v) is 4.28. The minimum atomic E-state index is -0.223. The largest absolute Gasteiger partial charge is 0.364 e. The molecule has 2 fully saturated rings. The second kappa shape index (κ2) is 4.14. The highest BCUT2D eigenvalue weighted by Gasteiger charge is 2.40. The number of rotatable bonds is 1. The minimum absolute atomic E-state index is 0.223. The van der Waals surface area contributed by atoms with Crippen LogP contribution in [0, 0.1) is 5.82 Å². The van der Waals surface area contributed by atoms with Gasteiger partial charge < -0.3 is 10.6 Å². The molecule has 0 amide bonds. The zero-order chi connectivity index (χ0) is 12.0. The lowest BCUT2D eigenvalue weighted by molar-refractivity contribution is 0.414. The summed E-state index contributed by atoms with van der Waals surface area (Å²) in [6.07, 6.45) is 4.27. The summed E-state index contributed by atoms with van der Waals surface area (Å²) < 4.78 is 13.3. The number of fused-ring (bicyclic) bond motifs is 2. The van der Waals surface area contributed by atoms with Gasteiger partial charge in [0.15, 0.2) is 0 Å². The maximum atomic E-state index is 13.3. The highest BCUT2D eigenvalue weighted by Crippen LogP contribution is 2.41. The molecule has 2 N–H and O–H groups in total. The molecular weight excluding hydrogens is 239 g/mol. The van der Waals surface area contributed by atoms with Gasteiger partial charge in [0.2, 0.25) is 0 Å². The first-order chi connectivity index (χ1) is 8.15. The highest BCUT2D eigenvalue weighted by atomic mass is 35.5. The van der Waals surface area contributed by atoms with Gasteiger partial charge in [0.25, 0.3) is 0 Å². The van der Waals surface area contributed by atoms with Gasteiger partial charge in [-0.2, -0.15) is 0 Å². The molecule has 2 saturated heterocycles. The first-order valence-corrected chi connectivity index (χ1v) is 6.52. The van der Waals surface area contributed by atoms with Crippen molar-refractivity contribution in [2.45, 2.75) is 43.8 Å². The molecule has 2 atom stereocenters. The van der Waals surface area contributed by atoms with Crippen LogP contribution in [0.15, 0.2) is 18.2 Å². The Bertz CT molecular complexity index is 423. The monoisotopic (exact) mass is 254 g/mol. The van der Waals surface area contributed by atoms with Crippen molar-refractivity contribution in [2.24, 2.45) is 5.73 Å². The summed E-state index contributed by atoms with van der Waals surface area (Å²) in [6, 6.07) is 5.75. The van der Waals surface area contributed by atoms with Crippen LogP contribution < -0.4 is 10.6 Å². The van der Waals surface area contributed by atoms with Gasteiger partial charge in [-0.25, -0.2) is 4.39 Å². The number of benzene rings is 1. The van der Waals surface area contributed by atoms with Crippen LogP contribution in [0.3, 0.4) is 0 Å². The molecule has 2 aliphatic heterocycles. The fourth-order valence-corrected chi connectivity index (χ4v) is 3.51. The molecule has 0 aliphatic carbocycles. The van der Waals surface area contributed by atoms with E-state index in [1.165, 1.54) is 6.07 Å². The summed E-state index contributed by atoms with van der Waals surface area (Å²) in [4.78, 5) is 2.29. The Balaban J connectivity index is 1.97. The summed E-state index contributed by atoms with van der Waals surface area (Å²) in [6.45, 7) is 0. The Morgan fingerprint density at radius 2 is 1.88 bits per heavy atom. The van der Waals surface area contributed by atoms with Crippen molar-refractivity contribution in [3.8, 4) is 0 Å². The van der Waals surface area contributed by atoms with E-state index in [1.54, 1.807) is 12.1 Å². The molecule has 0 aromatic heterocycles. The van der Waals surface area contributed by atoms with Crippen molar-refractivity contribution < 1.29 is 4.39 Å². The van der Waals surface area contributed by atoms with E-state index >= 15 is 0 Å². The fourth-order valence-electron chi connectivity index (χ4n) is 3.30. The summed E-state index contributed by atoms with van der Waals surface area (Å²) in [7, 11) is 0. The Hall–Kier alpha value is -0.800. The molecule has 17 heavy (non-hydrogen) atoms. The van der Waals surface area contributed by atoms with Gasteiger partial charge in [-0.3, -0.25) is 0 Å². The molecule has 0 radical (unpaired) electrons. The first-order valence-electron chi connectivity index (χ1n) is 6.14. The first kappa shape index (κ1) is 11.3. The van der Waals surface area contributed by atoms with Crippen molar-refractivity contribution in [1.82, 2.24) is 0 Å². The van der Waals surface area contributed by atoms with Crippen molar-refractivity contribution in [3.63, 3.8) is 0 Å². The SMILES string of the molecule is NC1CC2CCC(C1)N2c1cc(F)ccc1Cl. The normalized spacial score (nSPS) is 31.9. The smallest absolute Gasteiger partial charge is 0.125 e. The van der Waals surface area contributed by atoms with Gasteiger partial charge in [0.1, 0.15) is 5.82 Å². The van der Waals surface area contributed by atoms with Gasteiger partial charge in [0, 0.05) is 18.1 Å². The molecule has 1 aromatic rings. The second-order valence-electron chi connectivity index (χ2n) is 5.12. The number of hydrogen-bond donors (Lipinski definition) is 1. The van der Waals surface area contributed by atoms with Gasteiger partial charge in [-0.15, -0.1) is 0 Å². The predicted molar refractivity (Wildman–Crippen MR) is 67.9 cm³/mol. The van der Waals surface area contributed by atoms with E-state index in [4.69, 9.17) is 17.3 Å². The van der Waals surface area contributed by atoms with E-state index < -0.39 is 0 Å². The number of piperidine rings is 1. The predicted octanol–water partition coefficient (Wildman–Crippen LogP) is 2.94. The molecule has 0 spiro atoms. The zero-order valence-corrected chi connectivity index (χ0v) is 10.3. The minimum Gasteiger partial charge on any atom is -0.364 e. The van der Waals surface area contributed by atoms with Gasteiger partial charge in [0.05, 0.1) is 10.7 Å². The van der Waals surface area contributed by atoms with Crippen LogP contribution in [-0.2, 0) is 0 Å². The number of halogens is 2. The maximum Gasteiger partial charge on any atom is 0.125 e. The number of nitrogens with zero attached hydrogens (tertiary/aromatic N) is 1. The van der Waals surface area contributed by atoms with Crippen molar-refractivity contribution in [2.75, 3.05) is 4.90 Å². The Morgan fingerprint density at radius 3 is 2.53 bits per heavy atom. The Kier molecular flexibility index (Phi) is 2.75. The summed E-state index contributed by atoms with van der Waals surface area (Å²) in [5.74, 6) is -0.223. The van der Waals surface area contributed by atoms with Crippen LogP contribution in [0.1, 0.15) is 25.7 Å². The number of hydrogen-bond acceptors (Lipinski definition) is 2. The summed E-state index contributed by atoms with van der Waals surface area (Å²) in [5.41, 5.74) is 6.87. The molecule has 2 heterocycles. The van der Waals surface area contributed by atoms with Gasteiger partial charge in [-0.1, -0.05) is 11.6 Å². The maximum absolute atomic E-state index is 13.3. The van der Waals surface area contributed by atoms with Gasteiger partial charge in [-0.05, 0) is 43.9 Å². The standard InChI is InChI=1S/C13H16ClFN2/c14-12-4-1-8(15)5-13(12)17-10-2-3-11(17)7-9(16)6-10/h1,4-5,9-11H,2-3,6-7,16H2. The van der Waals surface area contributed by atoms with Crippen LogP contribution in [0.5, 0.6) is 0 Å². The summed E-state index contributed by atoms with van der Waals surface area (Å²) in [5, 5.41) is 0.638. The van der Waals surface area contributed by atoms with Crippen molar-refractivity contribution >= 4 is 17.3 Å². The van der Waals surface area contributed by atoms with E-state index in [-0.39, 0.29) is 11.9 Å². The topological polar surface area (TPSA) is 29.3 Å². The molecule has 2 nitrogen and oxygen atoms in total. The lowest BCUT2D eigenvalue weighted by Gasteiger charge is -2.39. The fraction of sp³-hybridized carbons (Fsp3) is 0.538. The lowest BCUT2D eigenvalue weighted by Crippen LogP contribution is -2.47. The average molecular weight is 255 g/mol. The van der Waals surface area contributed by atoms with Crippen LogP contribution in [-0.4, -0.2) is 18.1 Å². The lowest BCUT2D eigenvalue weighted by atomic mass is 9.97. The van der Waals surface area contributed by atoms with Crippen LogP contribution >= 0.6 is 11.6 Å². The Morgan fingerprint density at radius 1 is 1.24 bits per heavy atom. The van der Waals surface area contributed by atoms with E-state index in [0.29, 0.717) is 17.1 Å². The van der Waals surface area contributed by atoms with E-state index in [0.717, 1.165) is 31.4 Å². The second-order valence-corrected chi connectivity index (χ2v) is 5.53. The molecule has 3 rings (SSSR count). The molecule has 4 heteroatoms. The molecular formula is C13H16ClFN2. The molecule has 2 unspecified atom stereocenters. The number of nitrogens with two attached hydrogens (primary N) is 1. The summed E-state index contributed by atoms with van der Waals surface area (Å²) >= 11 is 6.18. The van der Waals surface area contributed by atoms with E-state index in [1.807, 2.05) is 0 Å². The molecule has 1 aromatic carbocycles. The average Bonchev–Trinajstić information content (AvgIpc) is 2.54. The van der Waals surface area contributed by atoms with E-state index in [9.17, 15) is 4.39 Å². The molecule has 0 saturated carbocycles. The molecule has 2 bridgehead atoms. The quantitative estimate of drug-likeness (QED) is 0.835. The van der Waals surface area contributed by atoms with Crippen LogP contribution in [0.2, 0.25) is 5.02 Å². The Labute approximate surface area is 106 Å². The van der Waals surface area contributed by atoms with Crippen LogP contribution in [0.4, 0.5) is 10.1 Å². The van der Waals surface area contributed by atoms with E-state index in [2.05, 4.69) is 4.90 Å². The van der Waals surface area contributed by atoms with Crippen molar-refractivity contribution in [1.29, 1.82) is 0 Å². The zero-order valence-electron chi connectivity index (χ0n) is 9.57. The third-order valence-electron chi connectivity index (χ3n) is 3.96. The third kappa shape index (κ3) is 1.91. The highest BCUT2D eigenvalue weighted by molar-refractivity contribution is 6.33. The van der Waals surface area contributed by atoms with Crippen LogP contribution in [0.25, 0.3) is 0 Å². The molecule has 92 valence electrons. The molecule has 2 aliphatic rings.